The van der Waals surface area contributed by atoms with E-state index in [4.69, 9.17) is 18.9 Å². The van der Waals surface area contributed by atoms with Gasteiger partial charge < -0.3 is 29.0 Å². The second-order valence-corrected chi connectivity index (χ2v) is 11.8. The molecule has 5 aliphatic rings. The highest BCUT2D eigenvalue weighted by Crippen LogP contribution is 2.61. The maximum Gasteiger partial charge on any atom is 0.407 e. The van der Waals surface area contributed by atoms with Gasteiger partial charge >= 0.3 is 6.09 Å². The molecule has 8 nitrogen and oxygen atoms in total. The Balaban J connectivity index is 1.36. The van der Waals surface area contributed by atoms with Crippen LogP contribution in [0.25, 0.3) is 0 Å². The largest absolute Gasteiger partial charge is 0.465 e. The molecule has 35 heavy (non-hydrogen) atoms. The van der Waals surface area contributed by atoms with Crippen molar-refractivity contribution in [2.75, 3.05) is 53.1 Å². The zero-order valence-electron chi connectivity index (χ0n) is 21.9. The Labute approximate surface area is 209 Å². The number of amides is 1. The van der Waals surface area contributed by atoms with Crippen molar-refractivity contribution in [3.8, 4) is 0 Å². The van der Waals surface area contributed by atoms with Gasteiger partial charge in [-0.1, -0.05) is 11.6 Å². The zero-order valence-corrected chi connectivity index (χ0v) is 21.9. The third-order valence-electron chi connectivity index (χ3n) is 9.53. The standard InChI is InChI=1S/C27H44N2O6/c1-18(2)5-6-21-26(3,35-21)24-23(32-4)20(7-10-27(24)17-34-27)22-19(9-12-29(22)25(30)31)8-11-28-13-15-33-16-14-28/h5,19-24H,6-17H2,1-4H3,(H,30,31)/t19-,20-,21-,22-,23+,24-,26+,27?/m1/s1. The summed E-state index contributed by atoms with van der Waals surface area (Å²) in [6, 6.07) is -0.0179. The van der Waals surface area contributed by atoms with Crippen LogP contribution in [0.2, 0.25) is 0 Å². The number of likely N-dealkylation sites (tertiary alicyclic amines) is 1. The van der Waals surface area contributed by atoms with Gasteiger partial charge in [-0.25, -0.2) is 4.79 Å². The predicted molar refractivity (Wildman–Crippen MR) is 132 cm³/mol. The first-order valence-corrected chi connectivity index (χ1v) is 13.6. The van der Waals surface area contributed by atoms with Gasteiger partial charge in [0.15, 0.2) is 0 Å². The Kier molecular flexibility index (Phi) is 7.23. The molecule has 8 heteroatoms. The lowest BCUT2D eigenvalue weighted by atomic mass is 9.62. The number of hydrogen-bond donors (Lipinski definition) is 1. The van der Waals surface area contributed by atoms with Gasteiger partial charge in [0.1, 0.15) is 5.60 Å². The molecule has 0 radical (unpaired) electrons. The topological polar surface area (TPSA) is 87.3 Å². The van der Waals surface area contributed by atoms with Gasteiger partial charge in [-0.3, -0.25) is 4.90 Å². The number of epoxide rings is 2. The molecule has 0 bridgehead atoms. The second-order valence-electron chi connectivity index (χ2n) is 11.8. The molecule has 1 saturated carbocycles. The van der Waals surface area contributed by atoms with E-state index in [1.165, 1.54) is 5.57 Å². The Morgan fingerprint density at radius 3 is 2.57 bits per heavy atom. The summed E-state index contributed by atoms with van der Waals surface area (Å²) >= 11 is 0. The quantitative estimate of drug-likeness (QED) is 0.410. The van der Waals surface area contributed by atoms with Crippen molar-refractivity contribution in [2.45, 2.75) is 82.3 Å². The number of hydrogen-bond acceptors (Lipinski definition) is 6. The summed E-state index contributed by atoms with van der Waals surface area (Å²) in [6.07, 6.45) is 6.28. The van der Waals surface area contributed by atoms with E-state index in [2.05, 4.69) is 31.7 Å². The molecule has 5 rings (SSSR count). The van der Waals surface area contributed by atoms with E-state index in [1.54, 1.807) is 12.0 Å². The summed E-state index contributed by atoms with van der Waals surface area (Å²) in [6.45, 7) is 12.4. The lowest BCUT2D eigenvalue weighted by molar-refractivity contribution is -0.102. The number of nitrogens with zero attached hydrogens (tertiary/aromatic N) is 2. The van der Waals surface area contributed by atoms with E-state index < -0.39 is 6.09 Å². The Morgan fingerprint density at radius 1 is 1.20 bits per heavy atom. The van der Waals surface area contributed by atoms with Crippen molar-refractivity contribution in [3.63, 3.8) is 0 Å². The molecule has 198 valence electrons. The molecule has 4 heterocycles. The van der Waals surface area contributed by atoms with Crippen LogP contribution in [0.5, 0.6) is 0 Å². The minimum absolute atomic E-state index is 0.0179. The molecule has 1 amide bonds. The average Bonchev–Trinajstić information content (AvgIpc) is 3.70. The van der Waals surface area contributed by atoms with Crippen molar-refractivity contribution >= 4 is 6.09 Å². The minimum atomic E-state index is -0.798. The number of allylic oxidation sites excluding steroid dienone is 1. The minimum Gasteiger partial charge on any atom is -0.465 e. The van der Waals surface area contributed by atoms with Gasteiger partial charge in [-0.15, -0.1) is 0 Å². The van der Waals surface area contributed by atoms with Gasteiger partial charge in [0, 0.05) is 44.6 Å². The molecule has 4 aliphatic heterocycles. The number of carbonyl (C=O) groups is 1. The number of ether oxygens (including phenoxy) is 4. The van der Waals surface area contributed by atoms with E-state index in [1.807, 2.05) is 0 Å². The molecule has 8 atom stereocenters. The Morgan fingerprint density at radius 2 is 1.94 bits per heavy atom. The van der Waals surface area contributed by atoms with Gasteiger partial charge in [-0.05, 0) is 65.3 Å². The molecule has 4 saturated heterocycles. The van der Waals surface area contributed by atoms with Crippen LogP contribution in [0.4, 0.5) is 4.79 Å². The van der Waals surface area contributed by atoms with Crippen LogP contribution in [0.15, 0.2) is 11.6 Å². The molecule has 0 aromatic heterocycles. The lowest BCUT2D eigenvalue weighted by Crippen LogP contribution is -2.58. The molecule has 5 fully saturated rings. The highest BCUT2D eigenvalue weighted by Gasteiger charge is 2.72. The summed E-state index contributed by atoms with van der Waals surface area (Å²) in [5.41, 5.74) is 0.829. The monoisotopic (exact) mass is 492 g/mol. The third kappa shape index (κ3) is 4.89. The summed E-state index contributed by atoms with van der Waals surface area (Å²) in [7, 11) is 1.80. The number of methoxy groups -OCH3 is 1. The van der Waals surface area contributed by atoms with Gasteiger partial charge in [-0.2, -0.15) is 0 Å². The number of morpholine rings is 1. The van der Waals surface area contributed by atoms with Crippen LogP contribution in [0.3, 0.4) is 0 Å². The third-order valence-corrected chi connectivity index (χ3v) is 9.53. The van der Waals surface area contributed by atoms with Crippen molar-refractivity contribution in [3.05, 3.63) is 11.6 Å². The fraction of sp³-hybridized carbons (Fsp3) is 0.889. The van der Waals surface area contributed by atoms with Crippen molar-refractivity contribution in [2.24, 2.45) is 17.8 Å². The van der Waals surface area contributed by atoms with Crippen LogP contribution in [0, 0.1) is 17.8 Å². The maximum absolute atomic E-state index is 12.3. The summed E-state index contributed by atoms with van der Waals surface area (Å²) in [4.78, 5) is 16.5. The first-order valence-electron chi connectivity index (χ1n) is 13.6. The highest BCUT2D eigenvalue weighted by atomic mass is 16.6. The lowest BCUT2D eigenvalue weighted by Gasteiger charge is -2.47. The van der Waals surface area contributed by atoms with E-state index in [9.17, 15) is 9.90 Å². The van der Waals surface area contributed by atoms with E-state index >= 15 is 0 Å². The fourth-order valence-corrected chi connectivity index (χ4v) is 7.56. The highest BCUT2D eigenvalue weighted by molar-refractivity contribution is 5.66. The first-order chi connectivity index (χ1) is 16.8. The molecule has 0 aromatic carbocycles. The van der Waals surface area contributed by atoms with Crippen molar-refractivity contribution in [1.29, 1.82) is 0 Å². The molecular weight excluding hydrogens is 448 g/mol. The fourth-order valence-electron chi connectivity index (χ4n) is 7.56. The Hall–Kier alpha value is -1.19. The van der Waals surface area contributed by atoms with E-state index in [0.717, 1.165) is 71.6 Å². The van der Waals surface area contributed by atoms with Crippen molar-refractivity contribution < 1.29 is 28.8 Å². The van der Waals surface area contributed by atoms with Crippen LogP contribution in [-0.4, -0.2) is 104 Å². The smallest absolute Gasteiger partial charge is 0.407 e. The van der Waals surface area contributed by atoms with E-state index in [-0.39, 0.29) is 41.3 Å². The maximum atomic E-state index is 12.3. The number of rotatable bonds is 8. The van der Waals surface area contributed by atoms with Crippen LogP contribution < -0.4 is 0 Å². The predicted octanol–water partition coefficient (Wildman–Crippen LogP) is 3.40. The molecule has 1 spiro atoms. The average molecular weight is 493 g/mol. The first kappa shape index (κ1) is 25.5. The second kappa shape index (κ2) is 9.93. The molecule has 1 N–H and O–H groups in total. The summed E-state index contributed by atoms with van der Waals surface area (Å²) in [5.74, 6) is 0.615. The zero-order chi connectivity index (χ0) is 24.8. The van der Waals surface area contributed by atoms with Gasteiger partial charge in [0.2, 0.25) is 0 Å². The Bertz CT molecular complexity index is 805. The van der Waals surface area contributed by atoms with Gasteiger partial charge in [0.25, 0.3) is 0 Å². The van der Waals surface area contributed by atoms with Crippen molar-refractivity contribution in [1.82, 2.24) is 9.80 Å². The normalized spacial score (nSPS) is 43.4. The van der Waals surface area contributed by atoms with E-state index in [0.29, 0.717) is 12.5 Å². The molecule has 0 aromatic rings. The molecule has 1 aliphatic carbocycles. The van der Waals surface area contributed by atoms with Crippen LogP contribution in [0.1, 0.15) is 52.9 Å². The SMILES string of the molecule is CO[C@H]1[C@@H]([C@H]2[C@H](CCN3CCOCC3)CCN2C(=O)O)CCC2(CO2)[C@H]1[C@@]1(C)O[C@@H]1CC=C(C)C. The van der Waals surface area contributed by atoms with Crippen LogP contribution >= 0.6 is 0 Å². The summed E-state index contributed by atoms with van der Waals surface area (Å²) in [5, 5.41) is 10.1. The summed E-state index contributed by atoms with van der Waals surface area (Å²) < 4.78 is 24.3. The van der Waals surface area contributed by atoms with Gasteiger partial charge in [0.05, 0.1) is 37.6 Å². The van der Waals surface area contributed by atoms with Crippen LogP contribution in [-0.2, 0) is 18.9 Å². The molecule has 1 unspecified atom stereocenters. The molecular formula is C27H44N2O6. The number of carboxylic acid groups (broad SMARTS) is 1.